The van der Waals surface area contributed by atoms with Gasteiger partial charge in [-0.05, 0) is 28.0 Å². The van der Waals surface area contributed by atoms with Crippen LogP contribution < -0.4 is 10.9 Å². The number of aryl methyl sites for hydroxylation is 1. The lowest BCUT2D eigenvalue weighted by molar-refractivity contribution is -0.384. The molecule has 0 amide bonds. The van der Waals surface area contributed by atoms with Gasteiger partial charge >= 0.3 is 0 Å². The Kier molecular flexibility index (Phi) is 4.28. The van der Waals surface area contributed by atoms with Crippen molar-refractivity contribution in [3.05, 3.63) is 85.7 Å². The first-order valence-electron chi connectivity index (χ1n) is 9.58. The summed E-state index contributed by atoms with van der Waals surface area (Å²) >= 11 is 0. The minimum Gasteiger partial charge on any atom is -0.318 e. The lowest BCUT2D eigenvalue weighted by Gasteiger charge is -2.27. The van der Waals surface area contributed by atoms with Gasteiger partial charge in [0.1, 0.15) is 11.7 Å². The number of nitro benzene ring substituents is 1. The Morgan fingerprint density at radius 2 is 2.00 bits per heavy atom. The molecule has 3 heterocycles. The number of fused-ring (bicyclic) bond motifs is 2. The van der Waals surface area contributed by atoms with E-state index in [9.17, 15) is 14.9 Å². The number of hydrogen-bond acceptors (Lipinski definition) is 8. The predicted octanol–water partition coefficient (Wildman–Crippen LogP) is 2.59. The van der Waals surface area contributed by atoms with Crippen LogP contribution in [-0.4, -0.2) is 35.3 Å². The van der Waals surface area contributed by atoms with Gasteiger partial charge in [-0.1, -0.05) is 48.4 Å². The molecule has 1 aliphatic rings. The van der Waals surface area contributed by atoms with Crippen LogP contribution in [0.5, 0.6) is 0 Å². The number of rotatable bonds is 4. The van der Waals surface area contributed by atoms with E-state index >= 15 is 0 Å². The van der Waals surface area contributed by atoms with Crippen molar-refractivity contribution in [3.8, 4) is 11.3 Å². The normalized spacial score (nSPS) is 14.4. The van der Waals surface area contributed by atoms with Crippen LogP contribution in [0.15, 0.2) is 53.3 Å². The average Bonchev–Trinajstić information content (AvgIpc) is 3.27. The predicted molar refractivity (Wildman–Crippen MR) is 111 cm³/mol. The van der Waals surface area contributed by atoms with E-state index in [1.807, 2.05) is 24.3 Å². The van der Waals surface area contributed by atoms with E-state index in [0.717, 1.165) is 17.5 Å². The zero-order chi connectivity index (χ0) is 21.5. The summed E-state index contributed by atoms with van der Waals surface area (Å²) in [5.74, 6) is 0.318. The quantitative estimate of drug-likeness (QED) is 0.336. The number of non-ortho nitro benzene ring substituents is 1. The molecule has 4 aromatic rings. The van der Waals surface area contributed by atoms with Crippen molar-refractivity contribution in [3.63, 3.8) is 0 Å². The average molecular weight is 416 g/mol. The van der Waals surface area contributed by atoms with Gasteiger partial charge < -0.3 is 5.32 Å². The van der Waals surface area contributed by atoms with Crippen LogP contribution >= 0.6 is 0 Å². The van der Waals surface area contributed by atoms with Gasteiger partial charge in [0.2, 0.25) is 5.95 Å². The molecule has 0 saturated carbocycles. The van der Waals surface area contributed by atoms with Crippen LogP contribution in [0.3, 0.4) is 0 Å². The number of nitrogens with zero attached hydrogens (tertiary/aromatic N) is 6. The first-order valence-corrected chi connectivity index (χ1v) is 9.58. The van der Waals surface area contributed by atoms with Gasteiger partial charge in [0.25, 0.3) is 11.2 Å². The molecule has 0 radical (unpaired) electrons. The SMILES string of the molecule is CCc1ccc(C2c3c(-c4cccc([N+](=O)[O-])c4)n[nH]c(=O)c3Nc3nnnn32)cc1. The summed E-state index contributed by atoms with van der Waals surface area (Å²) in [4.78, 5) is 23.5. The number of nitro groups is 1. The number of benzene rings is 2. The molecule has 0 spiro atoms. The fourth-order valence-corrected chi connectivity index (χ4v) is 3.77. The Morgan fingerprint density at radius 3 is 2.74 bits per heavy atom. The van der Waals surface area contributed by atoms with Gasteiger partial charge in [-0.3, -0.25) is 14.9 Å². The maximum absolute atomic E-state index is 12.7. The topological polar surface area (TPSA) is 145 Å². The molecule has 0 bridgehead atoms. The maximum Gasteiger partial charge on any atom is 0.288 e. The van der Waals surface area contributed by atoms with E-state index in [1.165, 1.54) is 12.1 Å². The Balaban J connectivity index is 1.78. The van der Waals surface area contributed by atoms with E-state index in [4.69, 9.17) is 0 Å². The monoisotopic (exact) mass is 416 g/mol. The number of tetrazole rings is 1. The lowest BCUT2D eigenvalue weighted by Crippen LogP contribution is -2.29. The number of aromatic amines is 1. The van der Waals surface area contributed by atoms with Crippen molar-refractivity contribution < 1.29 is 4.92 Å². The van der Waals surface area contributed by atoms with Crippen molar-refractivity contribution in [2.45, 2.75) is 19.4 Å². The van der Waals surface area contributed by atoms with Crippen LogP contribution in [-0.2, 0) is 6.42 Å². The van der Waals surface area contributed by atoms with E-state index in [-0.39, 0.29) is 11.4 Å². The highest BCUT2D eigenvalue weighted by atomic mass is 16.6. The van der Waals surface area contributed by atoms with Gasteiger partial charge in [-0.25, -0.2) is 5.10 Å². The molecule has 31 heavy (non-hydrogen) atoms. The highest BCUT2D eigenvalue weighted by Gasteiger charge is 2.34. The summed E-state index contributed by atoms with van der Waals surface area (Å²) in [6.07, 6.45) is 0.888. The zero-order valence-corrected chi connectivity index (χ0v) is 16.3. The van der Waals surface area contributed by atoms with Gasteiger partial charge in [-0.2, -0.15) is 9.78 Å². The van der Waals surface area contributed by atoms with Crippen LogP contribution in [0, 0.1) is 10.1 Å². The summed E-state index contributed by atoms with van der Waals surface area (Å²) in [6.45, 7) is 2.07. The Bertz CT molecular complexity index is 1360. The molecule has 5 rings (SSSR count). The third kappa shape index (κ3) is 3.03. The Hall–Kier alpha value is -4.41. The van der Waals surface area contributed by atoms with Gasteiger partial charge in [-0.15, -0.1) is 0 Å². The number of aromatic nitrogens is 6. The molecule has 11 nitrogen and oxygen atoms in total. The van der Waals surface area contributed by atoms with E-state index in [2.05, 4.69) is 38.0 Å². The molecule has 1 atom stereocenters. The summed E-state index contributed by atoms with van der Waals surface area (Å²) in [6, 6.07) is 13.5. The molecule has 2 aromatic heterocycles. The second-order valence-electron chi connectivity index (χ2n) is 7.07. The maximum atomic E-state index is 12.7. The summed E-state index contributed by atoms with van der Waals surface area (Å²) in [5, 5.41) is 32.8. The summed E-state index contributed by atoms with van der Waals surface area (Å²) < 4.78 is 1.57. The molecule has 2 N–H and O–H groups in total. The largest absolute Gasteiger partial charge is 0.318 e. The van der Waals surface area contributed by atoms with E-state index in [1.54, 1.807) is 16.8 Å². The van der Waals surface area contributed by atoms with Gasteiger partial charge in [0.15, 0.2) is 0 Å². The second kappa shape index (κ2) is 7.13. The highest BCUT2D eigenvalue weighted by Crippen LogP contribution is 2.41. The summed E-state index contributed by atoms with van der Waals surface area (Å²) in [7, 11) is 0. The standard InChI is InChI=1S/C20H16N8O3/c1-2-11-6-8-12(9-7-11)18-15-16(13-4-3-5-14(10-13)28(30)31)22-23-19(29)17(15)21-20-24-25-26-27(18)20/h3-10,18H,2H2,1H3,(H,23,29)(H,21,24,26). The number of nitrogens with one attached hydrogen (secondary N) is 2. The Labute approximate surface area is 174 Å². The van der Waals surface area contributed by atoms with Crippen molar-refractivity contribution >= 4 is 17.3 Å². The highest BCUT2D eigenvalue weighted by molar-refractivity contribution is 5.76. The Morgan fingerprint density at radius 1 is 1.19 bits per heavy atom. The third-order valence-corrected chi connectivity index (χ3v) is 5.30. The van der Waals surface area contributed by atoms with Crippen LogP contribution in [0.2, 0.25) is 0 Å². The van der Waals surface area contributed by atoms with Gasteiger partial charge in [0.05, 0.1) is 10.6 Å². The van der Waals surface area contributed by atoms with Crippen LogP contribution in [0.25, 0.3) is 11.3 Å². The van der Waals surface area contributed by atoms with Gasteiger partial charge in [0, 0.05) is 23.3 Å². The van der Waals surface area contributed by atoms with E-state index < -0.39 is 16.5 Å². The molecule has 1 aliphatic heterocycles. The van der Waals surface area contributed by atoms with Crippen LogP contribution in [0.4, 0.5) is 17.3 Å². The first-order chi connectivity index (χ1) is 15.1. The molecular weight excluding hydrogens is 400 g/mol. The fraction of sp³-hybridized carbons (Fsp3) is 0.150. The second-order valence-corrected chi connectivity index (χ2v) is 7.07. The van der Waals surface area contributed by atoms with Crippen molar-refractivity contribution in [2.24, 2.45) is 0 Å². The smallest absolute Gasteiger partial charge is 0.288 e. The molecule has 1 unspecified atom stereocenters. The zero-order valence-electron chi connectivity index (χ0n) is 16.3. The lowest BCUT2D eigenvalue weighted by atomic mass is 9.92. The number of H-pyrrole nitrogens is 1. The molecular formula is C20H16N8O3. The van der Waals surface area contributed by atoms with Crippen molar-refractivity contribution in [1.29, 1.82) is 0 Å². The molecule has 11 heteroatoms. The number of anilines is 2. The molecule has 0 aliphatic carbocycles. The molecule has 0 fully saturated rings. The van der Waals surface area contributed by atoms with Crippen molar-refractivity contribution in [1.82, 2.24) is 30.4 Å². The molecule has 0 saturated heterocycles. The fourth-order valence-electron chi connectivity index (χ4n) is 3.77. The van der Waals surface area contributed by atoms with Crippen LogP contribution in [0.1, 0.15) is 29.7 Å². The minimum absolute atomic E-state index is 0.0741. The number of hydrogen-bond donors (Lipinski definition) is 2. The minimum atomic E-state index is -0.545. The molecule has 2 aromatic carbocycles. The molecule has 154 valence electrons. The third-order valence-electron chi connectivity index (χ3n) is 5.30. The van der Waals surface area contributed by atoms with E-state index in [0.29, 0.717) is 22.8 Å². The first kappa shape index (κ1) is 18.6. The summed E-state index contributed by atoms with van der Waals surface area (Å²) in [5.41, 5.74) is 3.19. The van der Waals surface area contributed by atoms with Crippen molar-refractivity contribution in [2.75, 3.05) is 5.32 Å².